The quantitative estimate of drug-likeness (QED) is 0.336. The van der Waals surface area contributed by atoms with Gasteiger partial charge < -0.3 is 5.32 Å². The van der Waals surface area contributed by atoms with E-state index in [0.717, 1.165) is 22.4 Å². The van der Waals surface area contributed by atoms with Gasteiger partial charge in [-0.25, -0.2) is 9.50 Å². The molecule has 5 aromatic rings. The summed E-state index contributed by atoms with van der Waals surface area (Å²) in [5.74, 6) is -0.507. The minimum atomic E-state index is -0.351. The molecule has 0 bridgehead atoms. The summed E-state index contributed by atoms with van der Waals surface area (Å²) in [7, 11) is 0. The minimum Gasteiger partial charge on any atom is -0.321 e. The lowest BCUT2D eigenvalue weighted by Crippen LogP contribution is -2.18. The van der Waals surface area contributed by atoms with Crippen molar-refractivity contribution in [3.05, 3.63) is 119 Å². The molecule has 0 aliphatic carbocycles. The van der Waals surface area contributed by atoms with Gasteiger partial charge in [0.25, 0.3) is 5.91 Å². The van der Waals surface area contributed by atoms with E-state index in [1.54, 1.807) is 47.1 Å². The zero-order valence-corrected chi connectivity index (χ0v) is 19.7. The van der Waals surface area contributed by atoms with Gasteiger partial charge in [0.15, 0.2) is 11.4 Å². The van der Waals surface area contributed by atoms with Crippen LogP contribution in [0.5, 0.6) is 0 Å². The Labute approximate surface area is 203 Å². The number of anilines is 1. The third-order valence-corrected chi connectivity index (χ3v) is 6.07. The van der Waals surface area contributed by atoms with Crippen molar-refractivity contribution in [2.45, 2.75) is 20.8 Å². The predicted octanol–water partition coefficient (Wildman–Crippen LogP) is 5.80. The van der Waals surface area contributed by atoms with Gasteiger partial charge in [0.05, 0.1) is 22.6 Å². The number of ketones is 1. The van der Waals surface area contributed by atoms with Crippen molar-refractivity contribution in [1.29, 1.82) is 0 Å². The van der Waals surface area contributed by atoms with Crippen LogP contribution in [0.3, 0.4) is 0 Å². The second-order valence-electron chi connectivity index (χ2n) is 8.52. The molecule has 2 aromatic heterocycles. The van der Waals surface area contributed by atoms with E-state index in [1.165, 1.54) is 0 Å². The first-order valence-corrected chi connectivity index (χ1v) is 11.4. The molecule has 6 nitrogen and oxygen atoms in total. The summed E-state index contributed by atoms with van der Waals surface area (Å²) in [5, 5.41) is 7.58. The van der Waals surface area contributed by atoms with E-state index < -0.39 is 0 Å². The fourth-order valence-electron chi connectivity index (χ4n) is 4.29. The maximum atomic E-state index is 13.3. The highest BCUT2D eigenvalue weighted by Gasteiger charge is 2.21. The Morgan fingerprint density at radius 3 is 2.34 bits per heavy atom. The van der Waals surface area contributed by atoms with Crippen LogP contribution < -0.4 is 5.32 Å². The Morgan fingerprint density at radius 2 is 1.57 bits per heavy atom. The van der Waals surface area contributed by atoms with Crippen LogP contribution in [0.25, 0.3) is 16.8 Å². The van der Waals surface area contributed by atoms with Crippen LogP contribution in [0.1, 0.15) is 43.2 Å². The molecule has 5 rings (SSSR count). The van der Waals surface area contributed by atoms with Gasteiger partial charge in [-0.05, 0) is 38.5 Å². The average Bonchev–Trinajstić information content (AvgIpc) is 3.21. The van der Waals surface area contributed by atoms with Crippen LogP contribution in [0.15, 0.2) is 85.1 Å². The number of hydrogen-bond donors (Lipinski definition) is 1. The van der Waals surface area contributed by atoms with Crippen LogP contribution in [-0.4, -0.2) is 26.3 Å². The third-order valence-electron chi connectivity index (χ3n) is 6.07. The molecule has 6 heteroatoms. The molecular weight excluding hydrogens is 436 g/mol. The first-order valence-electron chi connectivity index (χ1n) is 11.4. The zero-order valence-electron chi connectivity index (χ0n) is 19.7. The van der Waals surface area contributed by atoms with Gasteiger partial charge >= 0.3 is 0 Å². The summed E-state index contributed by atoms with van der Waals surface area (Å²) in [5.41, 5.74) is 7.15. The van der Waals surface area contributed by atoms with Crippen LogP contribution in [0.2, 0.25) is 0 Å². The highest BCUT2D eigenvalue weighted by molar-refractivity contribution is 6.15. The van der Waals surface area contributed by atoms with Gasteiger partial charge in [-0.2, -0.15) is 5.10 Å². The summed E-state index contributed by atoms with van der Waals surface area (Å²) in [6.07, 6.45) is 1.57. The maximum Gasteiger partial charge on any atom is 0.259 e. The van der Waals surface area contributed by atoms with Crippen LogP contribution in [-0.2, 0) is 0 Å². The van der Waals surface area contributed by atoms with Crippen LogP contribution >= 0.6 is 0 Å². The number of nitrogens with one attached hydrogen (secondary N) is 1. The Morgan fingerprint density at radius 1 is 0.829 bits per heavy atom. The van der Waals surface area contributed by atoms with Gasteiger partial charge in [0.2, 0.25) is 0 Å². The van der Waals surface area contributed by atoms with Crippen molar-refractivity contribution in [3.8, 4) is 11.1 Å². The van der Waals surface area contributed by atoms with Crippen molar-refractivity contribution in [2.75, 3.05) is 5.32 Å². The van der Waals surface area contributed by atoms with Gasteiger partial charge in [-0.3, -0.25) is 9.59 Å². The molecule has 0 aliphatic rings. The van der Waals surface area contributed by atoms with Gasteiger partial charge in [0, 0.05) is 22.9 Å². The standard InChI is InChI=1S/C29H24N4O2/c1-18-10-9-13-22(16-18)26-19(2)32-33-20(3)24(17-30-28(26)33)29(35)31-25-15-8-7-14-23(25)27(34)21-11-5-4-6-12-21/h4-17H,1-3H3,(H,31,35). The number of nitrogens with zero attached hydrogens (tertiary/aromatic N) is 3. The van der Waals surface area contributed by atoms with E-state index in [-0.39, 0.29) is 11.7 Å². The van der Waals surface area contributed by atoms with Gasteiger partial charge in [-0.15, -0.1) is 0 Å². The summed E-state index contributed by atoms with van der Waals surface area (Å²) < 4.78 is 1.71. The molecule has 0 aliphatic heterocycles. The molecule has 1 amide bonds. The molecule has 0 unspecified atom stereocenters. The normalized spacial score (nSPS) is 10.9. The Bertz CT molecular complexity index is 1590. The molecule has 0 saturated carbocycles. The fraction of sp³-hybridized carbons (Fsp3) is 0.103. The Kier molecular flexibility index (Phi) is 5.71. The Balaban J connectivity index is 1.50. The van der Waals surface area contributed by atoms with Crippen molar-refractivity contribution in [3.63, 3.8) is 0 Å². The fourth-order valence-corrected chi connectivity index (χ4v) is 4.29. The Hall–Kier alpha value is -4.58. The predicted molar refractivity (Wildman–Crippen MR) is 137 cm³/mol. The van der Waals surface area contributed by atoms with Gasteiger partial charge in [0.1, 0.15) is 0 Å². The molecule has 1 N–H and O–H groups in total. The smallest absolute Gasteiger partial charge is 0.259 e. The number of benzene rings is 3. The number of para-hydroxylation sites is 1. The highest BCUT2D eigenvalue weighted by Crippen LogP contribution is 2.29. The summed E-state index contributed by atoms with van der Waals surface area (Å²) >= 11 is 0. The van der Waals surface area contributed by atoms with E-state index in [1.807, 2.05) is 57.2 Å². The molecule has 35 heavy (non-hydrogen) atoms. The van der Waals surface area contributed by atoms with E-state index in [0.29, 0.717) is 33.7 Å². The zero-order chi connectivity index (χ0) is 24.5. The van der Waals surface area contributed by atoms with E-state index in [9.17, 15) is 9.59 Å². The average molecular weight is 461 g/mol. The maximum absolute atomic E-state index is 13.3. The number of carbonyl (C=O) groups excluding carboxylic acids is 2. The SMILES string of the molecule is Cc1cccc(-c2c(C)nn3c(C)c(C(=O)Nc4ccccc4C(=O)c4ccccc4)cnc23)c1. The van der Waals surface area contributed by atoms with Crippen molar-refractivity contribution < 1.29 is 9.59 Å². The number of carbonyl (C=O) groups is 2. The number of fused-ring (bicyclic) bond motifs is 1. The number of aryl methyl sites for hydroxylation is 3. The van der Waals surface area contributed by atoms with Gasteiger partial charge in [-0.1, -0.05) is 72.3 Å². The molecule has 0 fully saturated rings. The lowest BCUT2D eigenvalue weighted by Gasteiger charge is -2.12. The summed E-state index contributed by atoms with van der Waals surface area (Å²) in [6, 6.07) is 24.2. The number of aromatic nitrogens is 3. The second-order valence-corrected chi connectivity index (χ2v) is 8.52. The number of amides is 1. The molecule has 2 heterocycles. The van der Waals surface area contributed by atoms with E-state index in [2.05, 4.69) is 21.5 Å². The van der Waals surface area contributed by atoms with Crippen molar-refractivity contribution in [1.82, 2.24) is 14.6 Å². The molecule has 172 valence electrons. The molecule has 0 radical (unpaired) electrons. The lowest BCUT2D eigenvalue weighted by atomic mass is 10.0. The van der Waals surface area contributed by atoms with Crippen molar-refractivity contribution in [2.24, 2.45) is 0 Å². The molecule has 0 saturated heterocycles. The third kappa shape index (κ3) is 4.10. The summed E-state index contributed by atoms with van der Waals surface area (Å²) in [6.45, 7) is 5.83. The largest absolute Gasteiger partial charge is 0.321 e. The summed E-state index contributed by atoms with van der Waals surface area (Å²) in [4.78, 5) is 31.0. The van der Waals surface area contributed by atoms with Crippen LogP contribution in [0.4, 0.5) is 5.69 Å². The van der Waals surface area contributed by atoms with E-state index >= 15 is 0 Å². The second kappa shape index (κ2) is 8.99. The monoisotopic (exact) mass is 460 g/mol. The lowest BCUT2D eigenvalue weighted by molar-refractivity contribution is 0.102. The molecular formula is C29H24N4O2. The minimum absolute atomic E-state index is 0.155. The molecule has 3 aromatic carbocycles. The number of rotatable bonds is 5. The van der Waals surface area contributed by atoms with Crippen molar-refractivity contribution >= 4 is 23.0 Å². The first kappa shape index (κ1) is 22.2. The number of hydrogen-bond acceptors (Lipinski definition) is 4. The molecule has 0 atom stereocenters. The molecule has 0 spiro atoms. The highest BCUT2D eigenvalue weighted by atomic mass is 16.2. The van der Waals surface area contributed by atoms with Crippen LogP contribution in [0, 0.1) is 20.8 Å². The first-order chi connectivity index (χ1) is 16.9. The topological polar surface area (TPSA) is 76.4 Å². The van der Waals surface area contributed by atoms with E-state index in [4.69, 9.17) is 0 Å².